The average Bonchev–Trinajstić information content (AvgIpc) is 2.85. The van der Waals surface area contributed by atoms with Gasteiger partial charge in [-0.05, 0) is 66.6 Å². The molecule has 170 valence electrons. The van der Waals surface area contributed by atoms with Crippen molar-refractivity contribution in [1.29, 1.82) is 0 Å². The van der Waals surface area contributed by atoms with Gasteiger partial charge in [-0.15, -0.1) is 0 Å². The maximum Gasteiger partial charge on any atom is 0.261 e. The first kappa shape index (κ1) is 22.7. The van der Waals surface area contributed by atoms with E-state index in [-0.39, 0.29) is 17.5 Å². The third-order valence-electron chi connectivity index (χ3n) is 5.36. The van der Waals surface area contributed by atoms with Crippen LogP contribution in [0.25, 0.3) is 11.3 Å². The molecule has 4 aromatic rings. The number of nitrogens with one attached hydrogen (secondary N) is 3. The highest BCUT2D eigenvalue weighted by Gasteiger charge is 2.15. The zero-order valence-corrected chi connectivity index (χ0v) is 18.3. The van der Waals surface area contributed by atoms with Gasteiger partial charge in [0.05, 0.1) is 6.04 Å². The molecule has 0 radical (unpaired) electrons. The highest BCUT2D eigenvalue weighted by Crippen LogP contribution is 2.18. The largest absolute Gasteiger partial charge is 0.345 e. The Balaban J connectivity index is 1.40. The molecule has 0 aliphatic heterocycles. The summed E-state index contributed by atoms with van der Waals surface area (Å²) >= 11 is 0. The van der Waals surface area contributed by atoms with Crippen LogP contribution in [0.3, 0.4) is 0 Å². The van der Waals surface area contributed by atoms with E-state index in [0.717, 1.165) is 11.1 Å². The molecule has 7 heteroatoms. The number of H-pyrrole nitrogens is 1. The molecule has 4 rings (SSSR count). The van der Waals surface area contributed by atoms with Crippen LogP contribution in [0, 0.1) is 5.82 Å². The third kappa shape index (κ3) is 5.27. The number of aromatic nitrogens is 1. The predicted molar refractivity (Wildman–Crippen MR) is 129 cm³/mol. The fourth-order valence-corrected chi connectivity index (χ4v) is 3.46. The van der Waals surface area contributed by atoms with Gasteiger partial charge < -0.3 is 15.6 Å². The first-order valence-electron chi connectivity index (χ1n) is 10.7. The molecule has 2 amide bonds. The van der Waals surface area contributed by atoms with Crippen LogP contribution >= 0.6 is 0 Å². The molecule has 6 nitrogen and oxygen atoms in total. The van der Waals surface area contributed by atoms with E-state index in [0.29, 0.717) is 16.9 Å². The summed E-state index contributed by atoms with van der Waals surface area (Å²) in [5.74, 6) is -1.25. The summed E-state index contributed by atoms with van der Waals surface area (Å²) in [5, 5.41) is 5.56. The van der Waals surface area contributed by atoms with Crippen LogP contribution in [0.4, 0.5) is 10.1 Å². The van der Waals surface area contributed by atoms with Crippen LogP contribution in [0.1, 0.15) is 39.2 Å². The fourth-order valence-electron chi connectivity index (χ4n) is 3.46. The van der Waals surface area contributed by atoms with Gasteiger partial charge in [-0.3, -0.25) is 14.4 Å². The van der Waals surface area contributed by atoms with E-state index >= 15 is 0 Å². The van der Waals surface area contributed by atoms with E-state index in [2.05, 4.69) is 15.6 Å². The minimum absolute atomic E-state index is 0.0229. The van der Waals surface area contributed by atoms with E-state index in [4.69, 9.17) is 0 Å². The SMILES string of the molecule is CC(NC(=O)c1ccc(-c2ccccc2)[nH]c1=O)c1ccc(NC(=O)c2ccc(F)cc2)cc1. The van der Waals surface area contributed by atoms with Gasteiger partial charge in [-0.2, -0.15) is 0 Å². The summed E-state index contributed by atoms with van der Waals surface area (Å²) in [7, 11) is 0. The molecule has 1 aromatic heterocycles. The first-order valence-corrected chi connectivity index (χ1v) is 10.7. The minimum atomic E-state index is -0.484. The molecule has 0 aliphatic carbocycles. The van der Waals surface area contributed by atoms with E-state index in [1.165, 1.54) is 30.3 Å². The number of carbonyl (C=O) groups excluding carboxylic acids is 2. The zero-order valence-electron chi connectivity index (χ0n) is 18.3. The van der Waals surface area contributed by atoms with Crippen molar-refractivity contribution in [3.8, 4) is 11.3 Å². The Hall–Kier alpha value is -4.52. The molecule has 3 aromatic carbocycles. The molecule has 0 fully saturated rings. The Labute approximate surface area is 195 Å². The Morgan fingerprint density at radius 1 is 0.824 bits per heavy atom. The first-order chi connectivity index (χ1) is 16.4. The van der Waals surface area contributed by atoms with Crippen molar-refractivity contribution in [3.63, 3.8) is 0 Å². The van der Waals surface area contributed by atoms with E-state index in [9.17, 15) is 18.8 Å². The number of aromatic amines is 1. The summed E-state index contributed by atoms with van der Waals surface area (Å²) in [5.41, 5.74) is 2.74. The highest BCUT2D eigenvalue weighted by molar-refractivity contribution is 6.04. The zero-order chi connectivity index (χ0) is 24.1. The topological polar surface area (TPSA) is 91.1 Å². The van der Waals surface area contributed by atoms with Crippen LogP contribution < -0.4 is 16.2 Å². The molecule has 1 atom stereocenters. The van der Waals surface area contributed by atoms with Gasteiger partial charge >= 0.3 is 0 Å². The Morgan fingerprint density at radius 2 is 1.50 bits per heavy atom. The molecule has 1 heterocycles. The van der Waals surface area contributed by atoms with E-state index in [1.54, 1.807) is 37.3 Å². The van der Waals surface area contributed by atoms with Gasteiger partial charge in [0, 0.05) is 16.9 Å². The number of carbonyl (C=O) groups is 2. The molecule has 3 N–H and O–H groups in total. The predicted octanol–water partition coefficient (Wildman–Crippen LogP) is 4.92. The number of hydrogen-bond acceptors (Lipinski definition) is 3. The number of anilines is 1. The molecule has 0 aliphatic rings. The maximum absolute atomic E-state index is 13.0. The third-order valence-corrected chi connectivity index (χ3v) is 5.36. The summed E-state index contributed by atoms with van der Waals surface area (Å²) in [6.07, 6.45) is 0. The van der Waals surface area contributed by atoms with Crippen molar-refractivity contribution in [2.24, 2.45) is 0 Å². The van der Waals surface area contributed by atoms with Gasteiger partial charge in [-0.1, -0.05) is 42.5 Å². The Bertz CT molecular complexity index is 1370. The summed E-state index contributed by atoms with van der Waals surface area (Å²) in [6, 6.07) is 24.4. The number of pyridine rings is 1. The van der Waals surface area contributed by atoms with Crippen LogP contribution in [0.5, 0.6) is 0 Å². The smallest absolute Gasteiger partial charge is 0.261 e. The van der Waals surface area contributed by atoms with Crippen LogP contribution in [-0.2, 0) is 0 Å². The Kier molecular flexibility index (Phi) is 6.64. The molecular weight excluding hydrogens is 433 g/mol. The number of rotatable bonds is 6. The standard InChI is InChI=1S/C27H22FN3O3/c1-17(18-9-13-22(14-10-18)30-25(32)20-7-11-21(28)12-8-20)29-26(33)23-15-16-24(31-27(23)34)19-5-3-2-4-6-19/h2-17H,1H3,(H,29,33)(H,30,32)(H,31,34). The monoisotopic (exact) mass is 455 g/mol. The lowest BCUT2D eigenvalue weighted by Gasteiger charge is -2.15. The van der Waals surface area contributed by atoms with Crippen LogP contribution in [-0.4, -0.2) is 16.8 Å². The second-order valence-electron chi connectivity index (χ2n) is 7.76. The molecule has 0 saturated heterocycles. The lowest BCUT2D eigenvalue weighted by atomic mass is 10.1. The Morgan fingerprint density at radius 3 is 2.15 bits per heavy atom. The summed E-state index contributed by atoms with van der Waals surface area (Å²) in [4.78, 5) is 40.2. The van der Waals surface area contributed by atoms with Crippen molar-refractivity contribution < 1.29 is 14.0 Å². The van der Waals surface area contributed by atoms with Crippen molar-refractivity contribution in [3.05, 3.63) is 124 Å². The lowest BCUT2D eigenvalue weighted by Crippen LogP contribution is -2.31. The molecule has 0 saturated carbocycles. The molecule has 1 unspecified atom stereocenters. The number of benzene rings is 3. The number of amides is 2. The minimum Gasteiger partial charge on any atom is -0.345 e. The highest BCUT2D eigenvalue weighted by atomic mass is 19.1. The number of halogens is 1. The molecular formula is C27H22FN3O3. The van der Waals surface area contributed by atoms with Crippen molar-refractivity contribution in [2.45, 2.75) is 13.0 Å². The molecule has 0 bridgehead atoms. The van der Waals surface area contributed by atoms with Crippen molar-refractivity contribution >= 4 is 17.5 Å². The van der Waals surface area contributed by atoms with Gasteiger partial charge in [0.25, 0.3) is 17.4 Å². The quantitative estimate of drug-likeness (QED) is 0.385. The van der Waals surface area contributed by atoms with Gasteiger partial charge in [-0.25, -0.2) is 4.39 Å². The summed E-state index contributed by atoms with van der Waals surface area (Å²) in [6.45, 7) is 1.80. The van der Waals surface area contributed by atoms with E-state index in [1.807, 2.05) is 30.3 Å². The number of hydrogen-bond donors (Lipinski definition) is 3. The van der Waals surface area contributed by atoms with E-state index < -0.39 is 17.3 Å². The molecule has 34 heavy (non-hydrogen) atoms. The van der Waals surface area contributed by atoms with Crippen LogP contribution in [0.2, 0.25) is 0 Å². The second kappa shape index (κ2) is 9.95. The second-order valence-corrected chi connectivity index (χ2v) is 7.76. The van der Waals surface area contributed by atoms with Crippen molar-refractivity contribution in [1.82, 2.24) is 10.3 Å². The van der Waals surface area contributed by atoms with Crippen molar-refractivity contribution in [2.75, 3.05) is 5.32 Å². The lowest BCUT2D eigenvalue weighted by molar-refractivity contribution is 0.0937. The summed E-state index contributed by atoms with van der Waals surface area (Å²) < 4.78 is 13.0. The molecule has 0 spiro atoms. The van der Waals surface area contributed by atoms with Gasteiger partial charge in [0.2, 0.25) is 0 Å². The average molecular weight is 455 g/mol. The van der Waals surface area contributed by atoms with Crippen LogP contribution in [0.15, 0.2) is 95.8 Å². The normalized spacial score (nSPS) is 11.5. The van der Waals surface area contributed by atoms with Gasteiger partial charge in [0.1, 0.15) is 11.4 Å². The van der Waals surface area contributed by atoms with Gasteiger partial charge in [0.15, 0.2) is 0 Å². The fraction of sp³-hybridized carbons (Fsp3) is 0.0741. The maximum atomic E-state index is 13.0.